The summed E-state index contributed by atoms with van der Waals surface area (Å²) in [6, 6.07) is 7.08. The van der Waals surface area contributed by atoms with Gasteiger partial charge in [-0.3, -0.25) is 4.79 Å². The van der Waals surface area contributed by atoms with E-state index in [-0.39, 0.29) is 11.9 Å². The number of benzene rings is 1. The van der Waals surface area contributed by atoms with E-state index >= 15 is 0 Å². The maximum atomic E-state index is 12.7. The molecule has 1 aromatic carbocycles. The molecule has 20 heavy (non-hydrogen) atoms. The zero-order valence-corrected chi connectivity index (χ0v) is 11.8. The molecule has 3 amide bonds. The Kier molecular flexibility index (Phi) is 4.61. The lowest BCUT2D eigenvalue weighted by atomic mass is 9.99. The number of rotatable bonds is 3. The molecule has 0 unspecified atom stereocenters. The first-order valence-corrected chi connectivity index (χ1v) is 6.99. The van der Waals surface area contributed by atoms with Crippen LogP contribution < -0.4 is 11.1 Å². The Labute approximate surface area is 119 Å². The molecule has 1 aromatic rings. The number of urea groups is 1. The summed E-state index contributed by atoms with van der Waals surface area (Å²) >= 11 is 0. The highest BCUT2D eigenvalue weighted by atomic mass is 16.2. The van der Waals surface area contributed by atoms with Gasteiger partial charge >= 0.3 is 6.03 Å². The predicted molar refractivity (Wildman–Crippen MR) is 77.4 cm³/mol. The number of nitrogens with zero attached hydrogens (tertiary/aromatic N) is 1. The van der Waals surface area contributed by atoms with E-state index in [1.807, 2.05) is 36.1 Å². The summed E-state index contributed by atoms with van der Waals surface area (Å²) < 4.78 is 0. The number of nitrogens with one attached hydrogen (secondary N) is 1. The van der Waals surface area contributed by atoms with Crippen LogP contribution in [0.3, 0.4) is 0 Å². The predicted octanol–water partition coefficient (Wildman–Crippen LogP) is 1.66. The summed E-state index contributed by atoms with van der Waals surface area (Å²) in [7, 11) is 0. The molecule has 1 fully saturated rings. The Hall–Kier alpha value is -2.04. The van der Waals surface area contributed by atoms with Gasteiger partial charge in [-0.1, -0.05) is 18.2 Å². The molecule has 1 atom stereocenters. The lowest BCUT2D eigenvalue weighted by Crippen LogP contribution is -2.50. The van der Waals surface area contributed by atoms with Crippen molar-refractivity contribution < 1.29 is 9.59 Å². The summed E-state index contributed by atoms with van der Waals surface area (Å²) in [5.41, 5.74) is 6.82. The Morgan fingerprint density at radius 1 is 1.35 bits per heavy atom. The number of primary amides is 1. The SMILES string of the molecule is Cc1ccccc1C(=O)N1CCCC[C@@H]1CNC(N)=O. The zero-order valence-electron chi connectivity index (χ0n) is 11.8. The molecule has 0 bridgehead atoms. The quantitative estimate of drug-likeness (QED) is 0.880. The lowest BCUT2D eigenvalue weighted by molar-refractivity contribution is 0.0614. The lowest BCUT2D eigenvalue weighted by Gasteiger charge is -2.36. The Morgan fingerprint density at radius 3 is 2.80 bits per heavy atom. The van der Waals surface area contributed by atoms with Gasteiger partial charge in [0.05, 0.1) is 0 Å². The minimum absolute atomic E-state index is 0.0309. The molecule has 108 valence electrons. The Balaban J connectivity index is 2.13. The fourth-order valence-electron chi connectivity index (χ4n) is 2.67. The number of nitrogens with two attached hydrogens (primary N) is 1. The average Bonchev–Trinajstić information content (AvgIpc) is 2.45. The van der Waals surface area contributed by atoms with Gasteiger partial charge < -0.3 is 16.0 Å². The number of piperidine rings is 1. The summed E-state index contributed by atoms with van der Waals surface area (Å²) in [6.45, 7) is 3.10. The smallest absolute Gasteiger partial charge is 0.312 e. The van der Waals surface area contributed by atoms with E-state index < -0.39 is 6.03 Å². The van der Waals surface area contributed by atoms with Crippen molar-refractivity contribution in [3.63, 3.8) is 0 Å². The summed E-state index contributed by atoms with van der Waals surface area (Å²) in [4.78, 5) is 25.4. The van der Waals surface area contributed by atoms with Crippen molar-refractivity contribution in [2.75, 3.05) is 13.1 Å². The second-order valence-corrected chi connectivity index (χ2v) is 5.21. The molecule has 0 radical (unpaired) electrons. The van der Waals surface area contributed by atoms with Gasteiger partial charge in [-0.15, -0.1) is 0 Å². The Bertz CT molecular complexity index is 502. The molecule has 5 heteroatoms. The largest absolute Gasteiger partial charge is 0.352 e. The second kappa shape index (κ2) is 6.41. The number of amides is 3. The molecule has 0 aliphatic carbocycles. The van der Waals surface area contributed by atoms with Crippen molar-refractivity contribution >= 4 is 11.9 Å². The maximum Gasteiger partial charge on any atom is 0.312 e. The van der Waals surface area contributed by atoms with Crippen LogP contribution in [0.1, 0.15) is 35.2 Å². The van der Waals surface area contributed by atoms with Gasteiger partial charge in [0, 0.05) is 24.7 Å². The van der Waals surface area contributed by atoms with E-state index in [2.05, 4.69) is 5.32 Å². The van der Waals surface area contributed by atoms with Gasteiger partial charge in [-0.2, -0.15) is 0 Å². The van der Waals surface area contributed by atoms with Crippen LogP contribution in [-0.2, 0) is 0 Å². The molecular weight excluding hydrogens is 254 g/mol. The van der Waals surface area contributed by atoms with E-state index in [0.717, 1.165) is 36.9 Å². The molecule has 1 saturated heterocycles. The highest BCUT2D eigenvalue weighted by Gasteiger charge is 2.28. The van der Waals surface area contributed by atoms with E-state index in [4.69, 9.17) is 5.73 Å². The van der Waals surface area contributed by atoms with Crippen molar-refractivity contribution in [1.29, 1.82) is 0 Å². The van der Waals surface area contributed by atoms with Crippen LogP contribution in [0, 0.1) is 6.92 Å². The number of carbonyl (C=O) groups is 2. The molecule has 1 aliphatic heterocycles. The van der Waals surface area contributed by atoms with Crippen LogP contribution in [0.5, 0.6) is 0 Å². The molecule has 3 N–H and O–H groups in total. The Morgan fingerprint density at radius 2 is 2.10 bits per heavy atom. The number of carbonyl (C=O) groups excluding carboxylic acids is 2. The molecule has 0 aromatic heterocycles. The number of likely N-dealkylation sites (tertiary alicyclic amines) is 1. The summed E-state index contributed by atoms with van der Waals surface area (Å²) in [5.74, 6) is 0.0408. The molecule has 1 heterocycles. The van der Waals surface area contributed by atoms with Crippen LogP contribution in [-0.4, -0.2) is 36.0 Å². The van der Waals surface area contributed by atoms with Gasteiger partial charge in [0.1, 0.15) is 0 Å². The minimum atomic E-state index is -0.543. The highest BCUT2D eigenvalue weighted by Crippen LogP contribution is 2.20. The first-order chi connectivity index (χ1) is 9.59. The van der Waals surface area contributed by atoms with Crippen LogP contribution in [0.2, 0.25) is 0 Å². The number of hydrogen-bond acceptors (Lipinski definition) is 2. The molecule has 0 saturated carbocycles. The van der Waals surface area contributed by atoms with E-state index in [1.165, 1.54) is 0 Å². The second-order valence-electron chi connectivity index (χ2n) is 5.21. The number of aryl methyl sites for hydroxylation is 1. The van der Waals surface area contributed by atoms with E-state index in [9.17, 15) is 9.59 Å². The third kappa shape index (κ3) is 3.29. The van der Waals surface area contributed by atoms with Gasteiger partial charge in [0.15, 0.2) is 0 Å². The van der Waals surface area contributed by atoms with Crippen LogP contribution in [0.15, 0.2) is 24.3 Å². The maximum absolute atomic E-state index is 12.7. The van der Waals surface area contributed by atoms with Crippen molar-refractivity contribution in [2.24, 2.45) is 5.73 Å². The van der Waals surface area contributed by atoms with Crippen LogP contribution in [0.25, 0.3) is 0 Å². The van der Waals surface area contributed by atoms with Crippen molar-refractivity contribution in [2.45, 2.75) is 32.2 Å². The first kappa shape index (κ1) is 14.4. The first-order valence-electron chi connectivity index (χ1n) is 6.99. The molecule has 1 aliphatic rings. The highest BCUT2D eigenvalue weighted by molar-refractivity contribution is 5.95. The van der Waals surface area contributed by atoms with Crippen molar-refractivity contribution in [3.8, 4) is 0 Å². The van der Waals surface area contributed by atoms with Crippen molar-refractivity contribution in [3.05, 3.63) is 35.4 Å². The van der Waals surface area contributed by atoms with Crippen LogP contribution >= 0.6 is 0 Å². The van der Waals surface area contributed by atoms with E-state index in [0.29, 0.717) is 6.54 Å². The van der Waals surface area contributed by atoms with Crippen LogP contribution in [0.4, 0.5) is 4.79 Å². The zero-order chi connectivity index (χ0) is 14.5. The molecule has 0 spiro atoms. The van der Waals surface area contributed by atoms with Gasteiger partial charge in [-0.05, 0) is 37.8 Å². The van der Waals surface area contributed by atoms with E-state index in [1.54, 1.807) is 0 Å². The third-order valence-corrected chi connectivity index (χ3v) is 3.78. The van der Waals surface area contributed by atoms with Gasteiger partial charge in [0.25, 0.3) is 5.91 Å². The molecule has 2 rings (SSSR count). The monoisotopic (exact) mass is 275 g/mol. The summed E-state index contributed by atoms with van der Waals surface area (Å²) in [6.07, 6.45) is 2.98. The topological polar surface area (TPSA) is 75.4 Å². The average molecular weight is 275 g/mol. The minimum Gasteiger partial charge on any atom is -0.352 e. The summed E-state index contributed by atoms with van der Waals surface area (Å²) in [5, 5.41) is 2.61. The molecular formula is C15H21N3O2. The fraction of sp³-hybridized carbons (Fsp3) is 0.467. The standard InChI is InChI=1S/C15H21N3O2/c1-11-6-2-3-8-13(11)14(19)18-9-5-4-7-12(18)10-17-15(16)20/h2-3,6,8,12H,4-5,7,9-10H2,1H3,(H3,16,17,20)/t12-/m1/s1. The van der Waals surface area contributed by atoms with Gasteiger partial charge in [-0.25, -0.2) is 4.79 Å². The normalized spacial score (nSPS) is 18.6. The number of hydrogen-bond donors (Lipinski definition) is 2. The van der Waals surface area contributed by atoms with Crippen molar-refractivity contribution in [1.82, 2.24) is 10.2 Å². The third-order valence-electron chi connectivity index (χ3n) is 3.78. The van der Waals surface area contributed by atoms with Gasteiger partial charge in [0.2, 0.25) is 0 Å². The molecule has 5 nitrogen and oxygen atoms in total. The fourth-order valence-corrected chi connectivity index (χ4v) is 2.67.